The van der Waals surface area contributed by atoms with Crippen molar-refractivity contribution in [3.05, 3.63) is 64.7 Å². The molecule has 1 saturated heterocycles. The molecule has 0 bridgehead atoms. The van der Waals surface area contributed by atoms with Gasteiger partial charge in [-0.3, -0.25) is 4.79 Å². The fourth-order valence-corrected chi connectivity index (χ4v) is 4.61. The number of nitrogens with zero attached hydrogens (tertiary/aromatic N) is 2. The quantitative estimate of drug-likeness (QED) is 0.706. The number of sulfonamides is 1. The predicted octanol–water partition coefficient (Wildman–Crippen LogP) is 2.27. The Balaban J connectivity index is 1.69. The molecule has 0 saturated carbocycles. The predicted molar refractivity (Wildman–Crippen MR) is 104 cm³/mol. The summed E-state index contributed by atoms with van der Waals surface area (Å²) < 4.78 is 31.6. The zero-order chi connectivity index (χ0) is 20.3. The monoisotopic (exact) mass is 422 g/mol. The normalized spacial score (nSPS) is 15.3. The van der Waals surface area contributed by atoms with Crippen molar-refractivity contribution < 1.29 is 22.7 Å². The lowest BCUT2D eigenvalue weighted by Gasteiger charge is -2.34. The van der Waals surface area contributed by atoms with Crippen molar-refractivity contribution in [2.75, 3.05) is 33.3 Å². The molecule has 1 fully saturated rings. The van der Waals surface area contributed by atoms with Gasteiger partial charge in [-0.15, -0.1) is 0 Å². The van der Waals surface area contributed by atoms with Crippen molar-refractivity contribution >= 4 is 33.5 Å². The first kappa shape index (κ1) is 20.3. The summed E-state index contributed by atoms with van der Waals surface area (Å²) in [7, 11) is -2.46. The van der Waals surface area contributed by atoms with E-state index >= 15 is 0 Å². The van der Waals surface area contributed by atoms with Crippen LogP contribution in [0.1, 0.15) is 20.7 Å². The molecule has 9 heteroatoms. The van der Waals surface area contributed by atoms with E-state index in [9.17, 15) is 18.0 Å². The summed E-state index contributed by atoms with van der Waals surface area (Å²) >= 11 is 6.08. The fraction of sp³-hybridized carbons (Fsp3) is 0.263. The number of amides is 1. The van der Waals surface area contributed by atoms with Crippen LogP contribution < -0.4 is 0 Å². The number of ether oxygens (including phenoxy) is 1. The van der Waals surface area contributed by atoms with Gasteiger partial charge in [-0.05, 0) is 36.4 Å². The zero-order valence-corrected chi connectivity index (χ0v) is 16.7. The van der Waals surface area contributed by atoms with Crippen molar-refractivity contribution in [3.63, 3.8) is 0 Å². The van der Waals surface area contributed by atoms with Crippen LogP contribution in [0.5, 0.6) is 0 Å². The molecule has 7 nitrogen and oxygen atoms in total. The lowest BCUT2D eigenvalue weighted by molar-refractivity contribution is 0.0600. The van der Waals surface area contributed by atoms with E-state index < -0.39 is 16.0 Å². The van der Waals surface area contributed by atoms with E-state index in [2.05, 4.69) is 4.74 Å². The SMILES string of the molecule is COC(=O)c1ccc(S(=O)(=O)N2CCN(C(=O)c3ccccc3Cl)CC2)cc1. The van der Waals surface area contributed by atoms with Gasteiger partial charge in [-0.1, -0.05) is 23.7 Å². The lowest BCUT2D eigenvalue weighted by atomic mass is 10.2. The van der Waals surface area contributed by atoms with Crippen LogP contribution in [0.2, 0.25) is 5.02 Å². The van der Waals surface area contributed by atoms with Gasteiger partial charge in [-0.2, -0.15) is 4.31 Å². The van der Waals surface area contributed by atoms with Crippen molar-refractivity contribution in [1.82, 2.24) is 9.21 Å². The van der Waals surface area contributed by atoms with Crippen molar-refractivity contribution in [1.29, 1.82) is 0 Å². The molecule has 0 radical (unpaired) electrons. The van der Waals surface area contributed by atoms with Crippen molar-refractivity contribution in [2.45, 2.75) is 4.90 Å². The standard InChI is InChI=1S/C19H19ClN2O5S/c1-27-19(24)14-6-8-15(9-7-14)28(25,26)22-12-10-21(11-13-22)18(23)16-4-2-3-5-17(16)20/h2-9H,10-13H2,1H3. The summed E-state index contributed by atoms with van der Waals surface area (Å²) in [6.45, 7) is 0.890. The van der Waals surface area contributed by atoms with Crippen LogP contribution in [0, 0.1) is 0 Å². The minimum Gasteiger partial charge on any atom is -0.465 e. The van der Waals surface area contributed by atoms with E-state index in [4.69, 9.17) is 11.6 Å². The first-order valence-corrected chi connectivity index (χ1v) is 10.4. The van der Waals surface area contributed by atoms with Crippen LogP contribution in [0.4, 0.5) is 0 Å². The summed E-state index contributed by atoms with van der Waals surface area (Å²) in [5.74, 6) is -0.749. The fourth-order valence-electron chi connectivity index (χ4n) is 2.97. The van der Waals surface area contributed by atoms with Gasteiger partial charge in [0.2, 0.25) is 10.0 Å². The third-order valence-corrected chi connectivity index (χ3v) is 6.79. The number of halogens is 1. The Bertz CT molecular complexity index is 984. The van der Waals surface area contributed by atoms with E-state index in [1.807, 2.05) is 0 Å². The average Bonchev–Trinajstić information content (AvgIpc) is 2.73. The molecule has 3 rings (SSSR count). The Labute approximate surface area is 168 Å². The molecule has 0 N–H and O–H groups in total. The van der Waals surface area contributed by atoms with Gasteiger partial charge in [0.05, 0.1) is 28.2 Å². The first-order valence-electron chi connectivity index (χ1n) is 8.57. The summed E-state index contributed by atoms with van der Waals surface area (Å²) in [6.07, 6.45) is 0. The Morgan fingerprint density at radius 3 is 2.14 bits per heavy atom. The zero-order valence-electron chi connectivity index (χ0n) is 15.2. The number of methoxy groups -OCH3 is 1. The maximum absolute atomic E-state index is 12.8. The molecule has 1 aliphatic rings. The van der Waals surface area contributed by atoms with E-state index in [1.165, 1.54) is 35.7 Å². The van der Waals surface area contributed by atoms with Crippen LogP contribution in [-0.4, -0.2) is 62.8 Å². The second-order valence-electron chi connectivity index (χ2n) is 6.19. The van der Waals surface area contributed by atoms with Crippen molar-refractivity contribution in [2.24, 2.45) is 0 Å². The Hall–Kier alpha value is -2.42. The molecule has 1 aliphatic heterocycles. The highest BCUT2D eigenvalue weighted by molar-refractivity contribution is 7.89. The van der Waals surface area contributed by atoms with Crippen LogP contribution in [-0.2, 0) is 14.8 Å². The number of rotatable bonds is 4. The largest absolute Gasteiger partial charge is 0.465 e. The third-order valence-electron chi connectivity index (χ3n) is 4.54. The first-order chi connectivity index (χ1) is 13.3. The summed E-state index contributed by atoms with van der Waals surface area (Å²) in [6, 6.07) is 12.4. The lowest BCUT2D eigenvalue weighted by Crippen LogP contribution is -2.50. The number of benzene rings is 2. The number of carbonyl (C=O) groups is 2. The smallest absolute Gasteiger partial charge is 0.337 e. The summed E-state index contributed by atoms with van der Waals surface area (Å²) in [5, 5.41) is 0.369. The summed E-state index contributed by atoms with van der Waals surface area (Å²) in [4.78, 5) is 25.8. The molecule has 0 spiro atoms. The Morgan fingerprint density at radius 2 is 1.57 bits per heavy atom. The minimum absolute atomic E-state index is 0.0889. The van der Waals surface area contributed by atoms with Gasteiger partial charge in [0.25, 0.3) is 5.91 Å². The van der Waals surface area contributed by atoms with Gasteiger partial charge in [0, 0.05) is 26.2 Å². The molecule has 0 aliphatic carbocycles. The Morgan fingerprint density at radius 1 is 0.964 bits per heavy atom. The molecule has 28 heavy (non-hydrogen) atoms. The molecule has 0 unspecified atom stereocenters. The molecular weight excluding hydrogens is 404 g/mol. The van der Waals surface area contributed by atoms with Crippen LogP contribution in [0.25, 0.3) is 0 Å². The number of esters is 1. The highest BCUT2D eigenvalue weighted by atomic mass is 35.5. The van der Waals surface area contributed by atoms with Gasteiger partial charge >= 0.3 is 5.97 Å². The highest BCUT2D eigenvalue weighted by Gasteiger charge is 2.31. The molecule has 0 atom stereocenters. The number of carbonyl (C=O) groups excluding carboxylic acids is 2. The van der Waals surface area contributed by atoms with Gasteiger partial charge in [-0.25, -0.2) is 13.2 Å². The van der Waals surface area contributed by atoms with Gasteiger partial charge in [0.1, 0.15) is 0 Å². The van der Waals surface area contributed by atoms with Crippen LogP contribution in [0.3, 0.4) is 0 Å². The van der Waals surface area contributed by atoms with Crippen LogP contribution in [0.15, 0.2) is 53.4 Å². The second-order valence-corrected chi connectivity index (χ2v) is 8.54. The molecule has 1 heterocycles. The number of hydrogen-bond donors (Lipinski definition) is 0. The van der Waals surface area contributed by atoms with E-state index in [0.29, 0.717) is 10.6 Å². The molecule has 2 aromatic carbocycles. The average molecular weight is 423 g/mol. The van der Waals surface area contributed by atoms with Crippen molar-refractivity contribution in [3.8, 4) is 0 Å². The molecule has 148 valence electrons. The Kier molecular flexibility index (Phi) is 6.02. The minimum atomic E-state index is -3.72. The molecule has 0 aromatic heterocycles. The highest BCUT2D eigenvalue weighted by Crippen LogP contribution is 2.21. The molecule has 1 amide bonds. The van der Waals surface area contributed by atoms with Gasteiger partial charge < -0.3 is 9.64 Å². The molecular formula is C19H19ClN2O5S. The van der Waals surface area contributed by atoms with E-state index in [1.54, 1.807) is 29.2 Å². The van der Waals surface area contributed by atoms with Gasteiger partial charge in [0.15, 0.2) is 0 Å². The topological polar surface area (TPSA) is 84.0 Å². The number of piperazine rings is 1. The van der Waals surface area contributed by atoms with E-state index in [0.717, 1.165) is 0 Å². The third kappa shape index (κ3) is 4.04. The number of hydrogen-bond acceptors (Lipinski definition) is 5. The maximum atomic E-state index is 12.8. The van der Waals surface area contributed by atoms with Crippen LogP contribution >= 0.6 is 11.6 Å². The molecule has 2 aromatic rings. The second kappa shape index (κ2) is 8.30. The van der Waals surface area contributed by atoms with E-state index in [-0.39, 0.29) is 42.5 Å². The summed E-state index contributed by atoms with van der Waals surface area (Å²) in [5.41, 5.74) is 0.676. The maximum Gasteiger partial charge on any atom is 0.337 e.